The van der Waals surface area contributed by atoms with Crippen molar-refractivity contribution in [2.45, 2.75) is 6.10 Å². The summed E-state index contributed by atoms with van der Waals surface area (Å²) in [5, 5.41) is 11.2. The summed E-state index contributed by atoms with van der Waals surface area (Å²) in [6, 6.07) is 19.3. The van der Waals surface area contributed by atoms with Gasteiger partial charge in [0.15, 0.2) is 0 Å². The summed E-state index contributed by atoms with van der Waals surface area (Å²) < 4.78 is 5.56. The SMILES string of the molecule is OC(COc1ccccc1)c1cnc2ccccc2c1. The second-order valence-corrected chi connectivity index (χ2v) is 4.60. The van der Waals surface area contributed by atoms with Gasteiger partial charge in [0.1, 0.15) is 18.5 Å². The molecule has 0 saturated carbocycles. The van der Waals surface area contributed by atoms with Crippen LogP contribution in [0.5, 0.6) is 5.75 Å². The zero-order valence-electron chi connectivity index (χ0n) is 10.9. The van der Waals surface area contributed by atoms with Crippen LogP contribution in [0.25, 0.3) is 10.9 Å². The number of nitrogens with zero attached hydrogens (tertiary/aromatic N) is 1. The fourth-order valence-corrected chi connectivity index (χ4v) is 2.06. The van der Waals surface area contributed by atoms with Crippen molar-refractivity contribution in [2.75, 3.05) is 6.61 Å². The average Bonchev–Trinajstić information content (AvgIpc) is 2.53. The summed E-state index contributed by atoms with van der Waals surface area (Å²) in [6.45, 7) is 0.212. The van der Waals surface area contributed by atoms with Crippen molar-refractivity contribution >= 4 is 10.9 Å². The van der Waals surface area contributed by atoms with Crippen LogP contribution < -0.4 is 4.74 Å². The van der Waals surface area contributed by atoms with Crippen molar-refractivity contribution in [3.63, 3.8) is 0 Å². The molecule has 0 amide bonds. The Kier molecular flexibility index (Phi) is 3.61. The first-order valence-corrected chi connectivity index (χ1v) is 6.53. The predicted molar refractivity (Wildman–Crippen MR) is 78.6 cm³/mol. The number of benzene rings is 2. The minimum atomic E-state index is -0.688. The number of hydrogen-bond acceptors (Lipinski definition) is 3. The highest BCUT2D eigenvalue weighted by molar-refractivity contribution is 5.78. The van der Waals surface area contributed by atoms with Gasteiger partial charge < -0.3 is 9.84 Å². The second kappa shape index (κ2) is 5.72. The maximum absolute atomic E-state index is 10.2. The van der Waals surface area contributed by atoms with E-state index in [9.17, 15) is 5.11 Å². The van der Waals surface area contributed by atoms with Gasteiger partial charge >= 0.3 is 0 Å². The van der Waals surface area contributed by atoms with E-state index in [1.807, 2.05) is 60.7 Å². The number of ether oxygens (including phenoxy) is 1. The lowest BCUT2D eigenvalue weighted by Crippen LogP contribution is -2.09. The van der Waals surface area contributed by atoms with E-state index < -0.39 is 6.10 Å². The number of rotatable bonds is 4. The normalized spacial score (nSPS) is 12.2. The van der Waals surface area contributed by atoms with Gasteiger partial charge in [-0.3, -0.25) is 4.98 Å². The van der Waals surface area contributed by atoms with E-state index in [2.05, 4.69) is 4.98 Å². The number of pyridine rings is 1. The quantitative estimate of drug-likeness (QED) is 0.786. The largest absolute Gasteiger partial charge is 0.491 e. The Hall–Kier alpha value is -2.39. The third-order valence-corrected chi connectivity index (χ3v) is 3.15. The van der Waals surface area contributed by atoms with E-state index in [1.165, 1.54) is 0 Å². The number of aliphatic hydroxyl groups excluding tert-OH is 1. The molecule has 0 radical (unpaired) electrons. The minimum Gasteiger partial charge on any atom is -0.491 e. The van der Waals surface area contributed by atoms with Crippen LogP contribution in [-0.2, 0) is 0 Å². The van der Waals surface area contributed by atoms with E-state index in [0.717, 1.165) is 22.2 Å². The van der Waals surface area contributed by atoms with Crippen LogP contribution in [0.15, 0.2) is 66.9 Å². The molecule has 1 N–H and O–H groups in total. The molecule has 0 aliphatic rings. The summed E-state index contributed by atoms with van der Waals surface area (Å²) in [4.78, 5) is 4.34. The van der Waals surface area contributed by atoms with Crippen molar-refractivity contribution < 1.29 is 9.84 Å². The lowest BCUT2D eigenvalue weighted by molar-refractivity contribution is 0.108. The Bertz CT molecular complexity index is 697. The third-order valence-electron chi connectivity index (χ3n) is 3.15. The summed E-state index contributed by atoms with van der Waals surface area (Å²) in [7, 11) is 0. The van der Waals surface area contributed by atoms with Gasteiger partial charge in [0.2, 0.25) is 0 Å². The Morgan fingerprint density at radius 3 is 2.60 bits per heavy atom. The topological polar surface area (TPSA) is 42.4 Å². The first-order chi connectivity index (χ1) is 9.83. The van der Waals surface area contributed by atoms with E-state index in [1.54, 1.807) is 6.20 Å². The Labute approximate surface area is 117 Å². The molecule has 0 aliphatic heterocycles. The average molecular weight is 265 g/mol. The zero-order chi connectivity index (χ0) is 13.8. The third kappa shape index (κ3) is 2.78. The van der Waals surface area contributed by atoms with Gasteiger partial charge in [0.25, 0.3) is 0 Å². The molecule has 1 heterocycles. The Morgan fingerprint density at radius 1 is 1.00 bits per heavy atom. The fraction of sp³-hybridized carbons (Fsp3) is 0.118. The van der Waals surface area contributed by atoms with Crippen molar-refractivity contribution in [3.8, 4) is 5.75 Å². The highest BCUT2D eigenvalue weighted by atomic mass is 16.5. The van der Waals surface area contributed by atoms with Gasteiger partial charge in [0.05, 0.1) is 5.52 Å². The molecule has 0 aliphatic carbocycles. The molecule has 2 aromatic carbocycles. The van der Waals surface area contributed by atoms with Crippen LogP contribution in [0, 0.1) is 0 Å². The molecule has 3 nitrogen and oxygen atoms in total. The van der Waals surface area contributed by atoms with E-state index in [0.29, 0.717) is 0 Å². The summed E-state index contributed by atoms with van der Waals surface area (Å²) in [5.74, 6) is 0.750. The van der Waals surface area contributed by atoms with Crippen LogP contribution in [-0.4, -0.2) is 16.7 Å². The minimum absolute atomic E-state index is 0.212. The van der Waals surface area contributed by atoms with Gasteiger partial charge in [-0.15, -0.1) is 0 Å². The molecule has 0 saturated heterocycles. The van der Waals surface area contributed by atoms with E-state index in [-0.39, 0.29) is 6.61 Å². The molecule has 3 heteroatoms. The predicted octanol–water partition coefficient (Wildman–Crippen LogP) is 3.35. The monoisotopic (exact) mass is 265 g/mol. The molecular weight excluding hydrogens is 250 g/mol. The smallest absolute Gasteiger partial charge is 0.119 e. The van der Waals surface area contributed by atoms with Crippen molar-refractivity contribution in [1.82, 2.24) is 4.98 Å². The van der Waals surface area contributed by atoms with E-state index in [4.69, 9.17) is 4.74 Å². The van der Waals surface area contributed by atoms with Gasteiger partial charge in [-0.05, 0) is 24.3 Å². The van der Waals surface area contributed by atoms with Crippen LogP contribution in [0.3, 0.4) is 0 Å². The molecule has 1 aromatic heterocycles. The number of aliphatic hydroxyl groups is 1. The highest BCUT2D eigenvalue weighted by Gasteiger charge is 2.09. The van der Waals surface area contributed by atoms with Gasteiger partial charge in [-0.1, -0.05) is 36.4 Å². The number of fused-ring (bicyclic) bond motifs is 1. The molecule has 0 spiro atoms. The van der Waals surface area contributed by atoms with Crippen LogP contribution in [0.1, 0.15) is 11.7 Å². The Balaban J connectivity index is 1.73. The zero-order valence-corrected chi connectivity index (χ0v) is 10.9. The molecule has 0 fully saturated rings. The van der Waals surface area contributed by atoms with Crippen LogP contribution in [0.4, 0.5) is 0 Å². The lowest BCUT2D eigenvalue weighted by Gasteiger charge is -2.13. The number of hydrogen-bond donors (Lipinski definition) is 1. The molecule has 3 aromatic rings. The number of para-hydroxylation sites is 2. The Morgan fingerprint density at radius 2 is 1.75 bits per heavy atom. The van der Waals surface area contributed by atoms with Gasteiger partial charge in [0, 0.05) is 17.1 Å². The van der Waals surface area contributed by atoms with Crippen molar-refractivity contribution in [3.05, 3.63) is 72.4 Å². The maximum atomic E-state index is 10.2. The first-order valence-electron chi connectivity index (χ1n) is 6.53. The molecule has 3 rings (SSSR count). The second-order valence-electron chi connectivity index (χ2n) is 4.60. The lowest BCUT2D eigenvalue weighted by atomic mass is 10.1. The molecule has 0 bridgehead atoms. The molecule has 1 unspecified atom stereocenters. The first kappa shape index (κ1) is 12.6. The van der Waals surface area contributed by atoms with Crippen LogP contribution in [0.2, 0.25) is 0 Å². The molecule has 1 atom stereocenters. The summed E-state index contributed by atoms with van der Waals surface area (Å²) in [5.41, 5.74) is 1.69. The van der Waals surface area contributed by atoms with Gasteiger partial charge in [-0.2, -0.15) is 0 Å². The summed E-state index contributed by atoms with van der Waals surface area (Å²) >= 11 is 0. The number of aromatic nitrogens is 1. The van der Waals surface area contributed by atoms with Gasteiger partial charge in [-0.25, -0.2) is 0 Å². The highest BCUT2D eigenvalue weighted by Crippen LogP contribution is 2.19. The summed E-state index contributed by atoms with van der Waals surface area (Å²) in [6.07, 6.45) is 1.01. The standard InChI is InChI=1S/C17H15NO2/c19-17(12-20-15-7-2-1-3-8-15)14-10-13-6-4-5-9-16(13)18-11-14/h1-11,17,19H,12H2. The van der Waals surface area contributed by atoms with Crippen molar-refractivity contribution in [1.29, 1.82) is 0 Å². The molecule has 100 valence electrons. The maximum Gasteiger partial charge on any atom is 0.119 e. The fourth-order valence-electron chi connectivity index (χ4n) is 2.06. The van der Waals surface area contributed by atoms with Crippen LogP contribution >= 0.6 is 0 Å². The molecule has 20 heavy (non-hydrogen) atoms. The molecular formula is C17H15NO2. The van der Waals surface area contributed by atoms with E-state index >= 15 is 0 Å². The van der Waals surface area contributed by atoms with Crippen molar-refractivity contribution in [2.24, 2.45) is 0 Å².